The van der Waals surface area contributed by atoms with Crippen molar-refractivity contribution in [2.75, 3.05) is 32.9 Å². The summed E-state index contributed by atoms with van der Waals surface area (Å²) in [7, 11) is 0. The highest BCUT2D eigenvalue weighted by Gasteiger charge is 2.39. The molecule has 2 fully saturated rings. The summed E-state index contributed by atoms with van der Waals surface area (Å²) in [5.74, 6) is -1.54. The molecule has 4 aliphatic rings. The van der Waals surface area contributed by atoms with Gasteiger partial charge in [-0.15, -0.1) is 0 Å². The number of ether oxygens (including phenoxy) is 2. The van der Waals surface area contributed by atoms with Gasteiger partial charge in [-0.25, -0.2) is 0 Å². The molecule has 5 rings (SSSR count). The van der Waals surface area contributed by atoms with Gasteiger partial charge in [0.2, 0.25) is 23.6 Å². The average Bonchev–Trinajstić information content (AvgIpc) is 3.48. The molecule has 1 aromatic carbocycles. The predicted octanol–water partition coefficient (Wildman–Crippen LogP) is 0.286. The van der Waals surface area contributed by atoms with E-state index in [2.05, 4.69) is 21.3 Å². The highest BCUT2D eigenvalue weighted by molar-refractivity contribution is 5.96. The molecule has 230 valence electrons. The Bertz CT molecular complexity index is 1140. The molecule has 0 radical (unpaired) electrons. The van der Waals surface area contributed by atoms with Crippen molar-refractivity contribution in [1.29, 1.82) is 0 Å². The molecule has 0 unspecified atom stereocenters. The quantitative estimate of drug-likeness (QED) is 0.396. The number of rotatable bonds is 4. The summed E-state index contributed by atoms with van der Waals surface area (Å²) in [5, 5.41) is 11.3. The number of nitrogens with one attached hydrogen (secondary N) is 4. The van der Waals surface area contributed by atoms with Crippen LogP contribution in [0.4, 0.5) is 0 Å². The van der Waals surface area contributed by atoms with E-state index in [9.17, 15) is 24.0 Å². The van der Waals surface area contributed by atoms with Crippen molar-refractivity contribution in [3.63, 3.8) is 0 Å². The minimum absolute atomic E-state index is 0.216. The van der Waals surface area contributed by atoms with Gasteiger partial charge in [0.05, 0.1) is 0 Å². The number of benzene rings is 1. The van der Waals surface area contributed by atoms with Crippen molar-refractivity contribution in [2.24, 2.45) is 11.8 Å². The van der Waals surface area contributed by atoms with Gasteiger partial charge in [-0.05, 0) is 62.1 Å². The predicted molar refractivity (Wildman–Crippen MR) is 153 cm³/mol. The topological polar surface area (TPSA) is 155 Å². The lowest BCUT2D eigenvalue weighted by Gasteiger charge is -2.31. The zero-order valence-corrected chi connectivity index (χ0v) is 24.6. The molecule has 12 heteroatoms. The van der Waals surface area contributed by atoms with Gasteiger partial charge in [-0.2, -0.15) is 0 Å². The Morgan fingerprint density at radius 2 is 1.71 bits per heavy atom. The van der Waals surface area contributed by atoms with Crippen molar-refractivity contribution in [2.45, 2.75) is 77.0 Å². The van der Waals surface area contributed by atoms with E-state index in [-0.39, 0.29) is 30.8 Å². The Hall–Kier alpha value is -3.67. The lowest BCUT2D eigenvalue weighted by Crippen LogP contribution is -2.58. The molecule has 5 amide bonds. The van der Waals surface area contributed by atoms with E-state index in [0.717, 1.165) is 18.4 Å². The Kier molecular flexibility index (Phi) is 10.8. The molecule has 4 heterocycles. The molecule has 12 nitrogen and oxygen atoms in total. The molecule has 0 aromatic heterocycles. The van der Waals surface area contributed by atoms with Gasteiger partial charge in [0.15, 0.2) is 6.61 Å². The van der Waals surface area contributed by atoms with Crippen LogP contribution in [-0.2, 0) is 35.1 Å². The molecule has 0 spiro atoms. The SMILES string of the molecule is CC(C)[C@@H]1NC(=O)COc2ccc(cc2)C[C@@H](C(=O)NCC2CCOCC2)NC(=O)[C@H](C)NC(=O)[C@H]2CCCN2C1=O. The van der Waals surface area contributed by atoms with Crippen LogP contribution >= 0.6 is 0 Å². The number of nitrogens with zero attached hydrogens (tertiary/aromatic N) is 1. The van der Waals surface area contributed by atoms with Crippen molar-refractivity contribution < 1.29 is 33.4 Å². The second-order valence-electron chi connectivity index (χ2n) is 11.7. The van der Waals surface area contributed by atoms with Gasteiger partial charge >= 0.3 is 0 Å². The summed E-state index contributed by atoms with van der Waals surface area (Å²) >= 11 is 0. The maximum absolute atomic E-state index is 13.5. The Balaban J connectivity index is 1.54. The zero-order chi connectivity index (χ0) is 30.2. The van der Waals surface area contributed by atoms with Gasteiger partial charge in [0, 0.05) is 32.7 Å². The molecule has 1 aromatic rings. The van der Waals surface area contributed by atoms with Gasteiger partial charge in [0.25, 0.3) is 5.91 Å². The fourth-order valence-corrected chi connectivity index (χ4v) is 5.52. The summed E-state index contributed by atoms with van der Waals surface area (Å²) < 4.78 is 11.1. The van der Waals surface area contributed by atoms with E-state index in [1.54, 1.807) is 31.2 Å². The second-order valence-corrected chi connectivity index (χ2v) is 11.7. The van der Waals surface area contributed by atoms with Crippen molar-refractivity contribution in [1.82, 2.24) is 26.2 Å². The number of carbonyl (C=O) groups excluding carboxylic acids is 5. The Labute approximate surface area is 246 Å². The van der Waals surface area contributed by atoms with Crippen LogP contribution in [0.1, 0.15) is 52.0 Å². The standard InChI is InChI=1S/C30H43N5O7/c1-18(2)26-30(40)35-12-4-5-24(35)29(39)32-19(3)27(37)33-23(28(38)31-16-21-10-13-41-14-11-21)15-20-6-8-22(9-7-20)42-17-25(36)34-26/h6-9,18-19,21,23-24,26H,4-5,10-17H2,1-3H3,(H,31,38)(H,32,39)(H,33,37)(H,34,36)/t19-,23-,24+,26-/m0/s1. The average molecular weight is 586 g/mol. The molecule has 4 N–H and O–H groups in total. The smallest absolute Gasteiger partial charge is 0.258 e. The van der Waals surface area contributed by atoms with E-state index < -0.39 is 41.9 Å². The van der Waals surface area contributed by atoms with Crippen LogP contribution in [0.2, 0.25) is 0 Å². The lowest BCUT2D eigenvalue weighted by molar-refractivity contribution is -0.143. The fraction of sp³-hybridized carbons (Fsp3) is 0.633. The Morgan fingerprint density at radius 3 is 2.40 bits per heavy atom. The van der Waals surface area contributed by atoms with E-state index in [0.29, 0.717) is 50.8 Å². The highest BCUT2D eigenvalue weighted by atomic mass is 16.5. The van der Waals surface area contributed by atoms with Crippen molar-refractivity contribution in [3.8, 4) is 5.75 Å². The molecule has 2 saturated heterocycles. The third-order valence-corrected chi connectivity index (χ3v) is 8.11. The van der Waals surface area contributed by atoms with E-state index in [1.807, 2.05) is 13.8 Å². The number of fused-ring (bicyclic) bond motifs is 13. The zero-order valence-electron chi connectivity index (χ0n) is 24.6. The largest absolute Gasteiger partial charge is 0.484 e. The maximum Gasteiger partial charge on any atom is 0.258 e. The van der Waals surface area contributed by atoms with Crippen LogP contribution in [0, 0.1) is 11.8 Å². The minimum Gasteiger partial charge on any atom is -0.484 e. The summed E-state index contributed by atoms with van der Waals surface area (Å²) in [4.78, 5) is 67.5. The minimum atomic E-state index is -0.945. The molecular weight excluding hydrogens is 542 g/mol. The molecule has 0 saturated carbocycles. The first kappa shape index (κ1) is 31.3. The van der Waals surface area contributed by atoms with Gasteiger partial charge in [-0.3, -0.25) is 24.0 Å². The Morgan fingerprint density at radius 1 is 1.00 bits per heavy atom. The molecule has 42 heavy (non-hydrogen) atoms. The van der Waals surface area contributed by atoms with Crippen LogP contribution in [0.3, 0.4) is 0 Å². The van der Waals surface area contributed by atoms with Crippen LogP contribution in [0.15, 0.2) is 24.3 Å². The number of amides is 5. The van der Waals surface area contributed by atoms with Crippen molar-refractivity contribution >= 4 is 29.5 Å². The molecular formula is C30H43N5O7. The molecule has 2 bridgehead atoms. The van der Waals surface area contributed by atoms with Gasteiger partial charge in [-0.1, -0.05) is 26.0 Å². The third kappa shape index (κ3) is 8.21. The van der Waals surface area contributed by atoms with E-state index in [1.165, 1.54) is 4.90 Å². The van der Waals surface area contributed by atoms with Crippen LogP contribution < -0.4 is 26.0 Å². The second kappa shape index (κ2) is 14.5. The van der Waals surface area contributed by atoms with Crippen molar-refractivity contribution in [3.05, 3.63) is 29.8 Å². The first-order valence-electron chi connectivity index (χ1n) is 14.9. The summed E-state index contributed by atoms with van der Waals surface area (Å²) in [6, 6.07) is 3.50. The molecule has 4 aliphatic heterocycles. The first-order chi connectivity index (χ1) is 20.1. The monoisotopic (exact) mass is 585 g/mol. The summed E-state index contributed by atoms with van der Waals surface area (Å²) in [6.45, 7) is 7.10. The fourth-order valence-electron chi connectivity index (χ4n) is 5.52. The maximum atomic E-state index is 13.5. The van der Waals surface area contributed by atoms with Crippen LogP contribution in [0.25, 0.3) is 0 Å². The summed E-state index contributed by atoms with van der Waals surface area (Å²) in [5.41, 5.74) is 0.778. The van der Waals surface area contributed by atoms with Gasteiger partial charge in [0.1, 0.15) is 29.9 Å². The number of hydrogen-bond acceptors (Lipinski definition) is 7. The van der Waals surface area contributed by atoms with E-state index >= 15 is 0 Å². The van der Waals surface area contributed by atoms with Crippen LogP contribution in [0.5, 0.6) is 5.75 Å². The normalized spacial score (nSPS) is 26.7. The van der Waals surface area contributed by atoms with Gasteiger partial charge < -0.3 is 35.6 Å². The third-order valence-electron chi connectivity index (χ3n) is 8.11. The molecule has 4 atom stereocenters. The van der Waals surface area contributed by atoms with E-state index in [4.69, 9.17) is 9.47 Å². The summed E-state index contributed by atoms with van der Waals surface area (Å²) in [6.07, 6.45) is 3.00. The number of hydrogen-bond donors (Lipinski definition) is 4. The molecule has 0 aliphatic carbocycles. The van der Waals surface area contributed by atoms with Crippen LogP contribution in [-0.4, -0.2) is 91.5 Å². The first-order valence-corrected chi connectivity index (χ1v) is 14.9. The lowest BCUT2D eigenvalue weighted by atomic mass is 9.99. The number of carbonyl (C=O) groups is 5. The highest BCUT2D eigenvalue weighted by Crippen LogP contribution is 2.21.